The first kappa shape index (κ1) is 13.0. The molecule has 1 aromatic carbocycles. The average Bonchev–Trinajstić information content (AvgIpc) is 2.82. The number of hydrogen-bond acceptors (Lipinski definition) is 4. The molecule has 96 valence electrons. The molecule has 0 aliphatic heterocycles. The Kier molecular flexibility index (Phi) is 4.28. The molecule has 1 aromatic heterocycles. The Balaban J connectivity index is 2.20. The van der Waals surface area contributed by atoms with Crippen LogP contribution in [0.3, 0.4) is 0 Å². The lowest BCUT2D eigenvalue weighted by molar-refractivity contribution is 0.623. The van der Waals surface area contributed by atoms with Crippen molar-refractivity contribution in [2.24, 2.45) is 0 Å². The molecule has 0 radical (unpaired) electrons. The predicted molar refractivity (Wildman–Crippen MR) is 73.4 cm³/mol. The second-order valence-corrected chi connectivity index (χ2v) is 4.86. The maximum Gasteiger partial charge on any atom is 0.123 e. The fraction of sp³-hybridized carbons (Fsp3) is 0.308. The van der Waals surface area contributed by atoms with E-state index in [-0.39, 0.29) is 5.82 Å². The third-order valence-corrected chi connectivity index (χ3v) is 3.34. The smallest absolute Gasteiger partial charge is 0.123 e. The van der Waals surface area contributed by atoms with E-state index in [0.29, 0.717) is 6.54 Å². The van der Waals surface area contributed by atoms with E-state index < -0.39 is 0 Å². The summed E-state index contributed by atoms with van der Waals surface area (Å²) >= 11 is 1.58. The summed E-state index contributed by atoms with van der Waals surface area (Å²) in [6.45, 7) is 1.38. The topological polar surface area (TPSA) is 28.2 Å². The third-order valence-electron chi connectivity index (χ3n) is 2.70. The zero-order chi connectivity index (χ0) is 13.0. The number of anilines is 1. The summed E-state index contributed by atoms with van der Waals surface area (Å²) in [6.07, 6.45) is 0. The molecule has 1 N–H and O–H groups in total. The second kappa shape index (κ2) is 5.93. The van der Waals surface area contributed by atoms with Crippen molar-refractivity contribution >= 4 is 17.0 Å². The number of nitrogens with one attached hydrogen (secondary N) is 1. The Morgan fingerprint density at radius 3 is 2.94 bits per heavy atom. The predicted octanol–water partition coefficient (Wildman–Crippen LogP) is 2.64. The van der Waals surface area contributed by atoms with E-state index in [1.165, 1.54) is 6.07 Å². The highest BCUT2D eigenvalue weighted by Crippen LogP contribution is 2.22. The van der Waals surface area contributed by atoms with Crippen molar-refractivity contribution in [2.45, 2.75) is 13.1 Å². The maximum atomic E-state index is 13.3. The minimum absolute atomic E-state index is 0.203. The second-order valence-electron chi connectivity index (χ2n) is 4.14. The number of nitrogens with zero attached hydrogens (tertiary/aromatic N) is 2. The molecule has 0 atom stereocenters. The zero-order valence-corrected chi connectivity index (χ0v) is 11.3. The number of halogens is 1. The summed E-state index contributed by atoms with van der Waals surface area (Å²) in [6, 6.07) is 4.88. The summed E-state index contributed by atoms with van der Waals surface area (Å²) in [5.74, 6) is -0.203. The van der Waals surface area contributed by atoms with Gasteiger partial charge in [-0.15, -0.1) is 11.3 Å². The molecule has 0 saturated heterocycles. The molecule has 3 nitrogen and oxygen atoms in total. The van der Waals surface area contributed by atoms with Crippen LogP contribution in [0.2, 0.25) is 0 Å². The van der Waals surface area contributed by atoms with Crippen LogP contribution in [0.15, 0.2) is 29.1 Å². The molecule has 0 fully saturated rings. The SMILES string of the molecule is CNCc1cc(F)ccc1N(C)Cc1cscn1. The molecular weight excluding hydrogens is 249 g/mol. The number of benzene rings is 1. The molecule has 0 aliphatic rings. The molecule has 0 saturated carbocycles. The lowest BCUT2D eigenvalue weighted by Gasteiger charge is -2.21. The third kappa shape index (κ3) is 3.05. The van der Waals surface area contributed by atoms with Gasteiger partial charge in [-0.1, -0.05) is 0 Å². The average molecular weight is 265 g/mol. The van der Waals surface area contributed by atoms with Crippen LogP contribution in [0.5, 0.6) is 0 Å². The normalized spacial score (nSPS) is 10.6. The van der Waals surface area contributed by atoms with E-state index >= 15 is 0 Å². The van der Waals surface area contributed by atoms with E-state index in [1.807, 2.05) is 31.1 Å². The minimum Gasteiger partial charge on any atom is -0.368 e. The van der Waals surface area contributed by atoms with Crippen molar-refractivity contribution in [3.63, 3.8) is 0 Å². The Morgan fingerprint density at radius 1 is 1.44 bits per heavy atom. The van der Waals surface area contributed by atoms with Crippen molar-refractivity contribution in [3.05, 3.63) is 46.2 Å². The number of aromatic nitrogens is 1. The minimum atomic E-state index is -0.203. The zero-order valence-electron chi connectivity index (χ0n) is 10.5. The van der Waals surface area contributed by atoms with Gasteiger partial charge >= 0.3 is 0 Å². The number of hydrogen-bond donors (Lipinski definition) is 1. The van der Waals surface area contributed by atoms with Gasteiger partial charge in [0, 0.05) is 24.7 Å². The maximum absolute atomic E-state index is 13.3. The first-order valence-corrected chi connectivity index (χ1v) is 6.66. The number of thiazole rings is 1. The van der Waals surface area contributed by atoms with Crippen molar-refractivity contribution in [1.29, 1.82) is 0 Å². The van der Waals surface area contributed by atoms with Crippen LogP contribution in [0.25, 0.3) is 0 Å². The van der Waals surface area contributed by atoms with Gasteiger partial charge in [-0.3, -0.25) is 0 Å². The summed E-state index contributed by atoms with van der Waals surface area (Å²) in [5.41, 5.74) is 4.83. The van der Waals surface area contributed by atoms with Gasteiger partial charge in [0.2, 0.25) is 0 Å². The van der Waals surface area contributed by atoms with Crippen LogP contribution in [0.1, 0.15) is 11.3 Å². The lowest BCUT2D eigenvalue weighted by atomic mass is 10.1. The van der Waals surface area contributed by atoms with E-state index in [2.05, 4.69) is 15.2 Å². The first-order chi connectivity index (χ1) is 8.70. The van der Waals surface area contributed by atoms with Crippen LogP contribution in [-0.2, 0) is 13.1 Å². The van der Waals surface area contributed by atoms with Crippen molar-refractivity contribution < 1.29 is 4.39 Å². The molecule has 0 spiro atoms. The van der Waals surface area contributed by atoms with Crippen LogP contribution < -0.4 is 10.2 Å². The van der Waals surface area contributed by atoms with Gasteiger partial charge in [0.05, 0.1) is 17.7 Å². The van der Waals surface area contributed by atoms with E-state index in [0.717, 1.165) is 23.5 Å². The molecule has 2 rings (SSSR count). The van der Waals surface area contributed by atoms with E-state index in [9.17, 15) is 4.39 Å². The Bertz CT molecular complexity index is 499. The summed E-state index contributed by atoms with van der Waals surface area (Å²) in [5, 5.41) is 5.08. The molecule has 0 bridgehead atoms. The Hall–Kier alpha value is -1.46. The van der Waals surface area contributed by atoms with Crippen molar-refractivity contribution in [1.82, 2.24) is 10.3 Å². The molecular formula is C13H16FN3S. The summed E-state index contributed by atoms with van der Waals surface area (Å²) in [4.78, 5) is 6.35. The van der Waals surface area contributed by atoms with Crippen LogP contribution in [0, 0.1) is 5.82 Å². The highest BCUT2D eigenvalue weighted by molar-refractivity contribution is 7.07. The standard InChI is InChI=1S/C13H16FN3S/c1-15-6-10-5-11(14)3-4-13(10)17(2)7-12-8-18-9-16-12/h3-5,8-9,15H,6-7H2,1-2H3. The Morgan fingerprint density at radius 2 is 2.28 bits per heavy atom. The van der Waals surface area contributed by atoms with Gasteiger partial charge in [-0.2, -0.15) is 0 Å². The highest BCUT2D eigenvalue weighted by atomic mass is 32.1. The molecule has 0 unspecified atom stereocenters. The van der Waals surface area contributed by atoms with Gasteiger partial charge in [0.1, 0.15) is 5.82 Å². The molecule has 0 aliphatic carbocycles. The molecule has 1 heterocycles. The lowest BCUT2D eigenvalue weighted by Crippen LogP contribution is -2.20. The first-order valence-electron chi connectivity index (χ1n) is 5.72. The Labute approximate surface area is 110 Å². The van der Waals surface area contributed by atoms with Gasteiger partial charge < -0.3 is 10.2 Å². The quantitative estimate of drug-likeness (QED) is 0.901. The van der Waals surface area contributed by atoms with Crippen LogP contribution in [-0.4, -0.2) is 19.1 Å². The summed E-state index contributed by atoms with van der Waals surface area (Å²) in [7, 11) is 3.85. The van der Waals surface area contributed by atoms with Crippen molar-refractivity contribution in [2.75, 3.05) is 19.0 Å². The number of rotatable bonds is 5. The fourth-order valence-corrected chi connectivity index (χ4v) is 2.45. The molecule has 5 heteroatoms. The van der Waals surface area contributed by atoms with Gasteiger partial charge in [-0.25, -0.2) is 9.37 Å². The molecule has 2 aromatic rings. The molecule has 0 amide bonds. The van der Waals surface area contributed by atoms with Crippen LogP contribution >= 0.6 is 11.3 Å². The monoisotopic (exact) mass is 265 g/mol. The van der Waals surface area contributed by atoms with E-state index in [1.54, 1.807) is 17.4 Å². The van der Waals surface area contributed by atoms with E-state index in [4.69, 9.17) is 0 Å². The fourth-order valence-electron chi connectivity index (χ4n) is 1.90. The van der Waals surface area contributed by atoms with Gasteiger partial charge in [0.25, 0.3) is 0 Å². The largest absolute Gasteiger partial charge is 0.368 e. The van der Waals surface area contributed by atoms with Crippen molar-refractivity contribution in [3.8, 4) is 0 Å². The molecule has 18 heavy (non-hydrogen) atoms. The summed E-state index contributed by atoms with van der Waals surface area (Å²) < 4.78 is 13.3. The van der Waals surface area contributed by atoms with Gasteiger partial charge in [0.15, 0.2) is 0 Å². The highest BCUT2D eigenvalue weighted by Gasteiger charge is 2.09. The van der Waals surface area contributed by atoms with Crippen LogP contribution in [0.4, 0.5) is 10.1 Å². The van der Waals surface area contributed by atoms with Gasteiger partial charge in [-0.05, 0) is 30.8 Å².